The molecule has 1 saturated carbocycles. The lowest BCUT2D eigenvalue weighted by atomic mass is 9.85. The smallest absolute Gasteiger partial charge is 0.252 e. The minimum atomic E-state index is -0.408. The van der Waals surface area contributed by atoms with Crippen molar-refractivity contribution in [2.75, 3.05) is 5.32 Å². The molecular weight excluding hydrogens is 317 g/mol. The highest BCUT2D eigenvalue weighted by atomic mass is 19.1. The van der Waals surface area contributed by atoms with E-state index in [0.29, 0.717) is 30.3 Å². The van der Waals surface area contributed by atoms with E-state index in [1.165, 1.54) is 43.7 Å². The van der Waals surface area contributed by atoms with Crippen LogP contribution in [0.4, 0.5) is 10.1 Å². The Morgan fingerprint density at radius 1 is 1.20 bits per heavy atom. The number of aromatic nitrogens is 1. The summed E-state index contributed by atoms with van der Waals surface area (Å²) in [6.07, 6.45) is 8.44. The van der Waals surface area contributed by atoms with Gasteiger partial charge in [-0.1, -0.05) is 25.3 Å². The number of benzene rings is 1. The van der Waals surface area contributed by atoms with Crippen molar-refractivity contribution in [1.82, 2.24) is 10.3 Å². The minimum Gasteiger partial charge on any atom is -0.377 e. The molecule has 130 valence electrons. The number of fused-ring (bicyclic) bond motifs is 1. The SMILES string of the molecule is O=C1NCc2cc(NCc3ccc(C4CCCCC4)cn3)c(F)cc21. The van der Waals surface area contributed by atoms with Crippen LogP contribution in [0.25, 0.3) is 0 Å². The quantitative estimate of drug-likeness (QED) is 0.881. The van der Waals surface area contributed by atoms with Gasteiger partial charge in [-0.05, 0) is 48.1 Å². The standard InChI is InChI=1S/C20H22FN3O/c21-18-9-17-15(11-24-20(17)25)8-19(18)23-12-16-7-6-14(10-22-16)13-4-2-1-3-5-13/h6-10,13,23H,1-5,11-12H2,(H,24,25). The van der Waals surface area contributed by atoms with Crippen LogP contribution < -0.4 is 10.6 Å². The van der Waals surface area contributed by atoms with Crippen molar-refractivity contribution in [2.24, 2.45) is 0 Å². The molecular formula is C20H22FN3O. The molecule has 1 aliphatic carbocycles. The fraction of sp³-hybridized carbons (Fsp3) is 0.400. The average molecular weight is 339 g/mol. The summed E-state index contributed by atoms with van der Waals surface area (Å²) in [6.45, 7) is 0.916. The molecule has 5 heteroatoms. The summed E-state index contributed by atoms with van der Waals surface area (Å²) in [5.74, 6) is 0.0255. The molecule has 0 bridgehead atoms. The van der Waals surface area contributed by atoms with E-state index in [0.717, 1.165) is 11.3 Å². The fourth-order valence-electron chi connectivity index (χ4n) is 3.79. The van der Waals surface area contributed by atoms with Gasteiger partial charge in [-0.3, -0.25) is 9.78 Å². The van der Waals surface area contributed by atoms with Gasteiger partial charge in [0, 0.05) is 18.3 Å². The molecule has 0 unspecified atom stereocenters. The number of hydrogen-bond donors (Lipinski definition) is 2. The van der Waals surface area contributed by atoms with Gasteiger partial charge in [-0.2, -0.15) is 0 Å². The summed E-state index contributed by atoms with van der Waals surface area (Å²) in [4.78, 5) is 16.1. The van der Waals surface area contributed by atoms with Crippen LogP contribution in [0.2, 0.25) is 0 Å². The topological polar surface area (TPSA) is 54.0 Å². The Labute approximate surface area is 146 Å². The lowest BCUT2D eigenvalue weighted by molar-refractivity contribution is 0.0965. The lowest BCUT2D eigenvalue weighted by Gasteiger charge is -2.21. The first-order valence-corrected chi connectivity index (χ1v) is 9.00. The van der Waals surface area contributed by atoms with E-state index in [9.17, 15) is 9.18 Å². The van der Waals surface area contributed by atoms with E-state index in [4.69, 9.17) is 0 Å². The summed E-state index contributed by atoms with van der Waals surface area (Å²) in [7, 11) is 0. The third kappa shape index (κ3) is 3.36. The van der Waals surface area contributed by atoms with Crippen LogP contribution in [0.1, 0.15) is 65.2 Å². The number of anilines is 1. The normalized spacial score (nSPS) is 17.2. The number of amides is 1. The molecule has 2 heterocycles. The first-order chi connectivity index (χ1) is 12.2. The van der Waals surface area contributed by atoms with Crippen LogP contribution in [0.5, 0.6) is 0 Å². The number of carbonyl (C=O) groups is 1. The Bertz CT molecular complexity index is 782. The average Bonchev–Trinajstić information content (AvgIpc) is 3.01. The number of nitrogens with zero attached hydrogens (tertiary/aromatic N) is 1. The molecule has 4 nitrogen and oxygen atoms in total. The van der Waals surface area contributed by atoms with Gasteiger partial charge in [0.25, 0.3) is 5.91 Å². The van der Waals surface area contributed by atoms with E-state index >= 15 is 0 Å². The maximum Gasteiger partial charge on any atom is 0.252 e. The molecule has 1 aliphatic heterocycles. The molecule has 0 atom stereocenters. The Balaban J connectivity index is 1.42. The van der Waals surface area contributed by atoms with E-state index in [1.54, 1.807) is 6.07 Å². The summed E-state index contributed by atoms with van der Waals surface area (Å²) in [5, 5.41) is 5.80. The highest BCUT2D eigenvalue weighted by Gasteiger charge is 2.21. The van der Waals surface area contributed by atoms with E-state index in [2.05, 4.69) is 21.7 Å². The zero-order valence-electron chi connectivity index (χ0n) is 14.1. The van der Waals surface area contributed by atoms with Gasteiger partial charge < -0.3 is 10.6 Å². The molecule has 2 N–H and O–H groups in total. The number of carbonyl (C=O) groups excluding carboxylic acids is 1. The van der Waals surface area contributed by atoms with Gasteiger partial charge in [0.1, 0.15) is 5.82 Å². The molecule has 0 radical (unpaired) electrons. The first-order valence-electron chi connectivity index (χ1n) is 9.00. The van der Waals surface area contributed by atoms with Gasteiger partial charge in [0.15, 0.2) is 0 Å². The largest absolute Gasteiger partial charge is 0.377 e. The van der Waals surface area contributed by atoms with Crippen LogP contribution in [-0.4, -0.2) is 10.9 Å². The zero-order chi connectivity index (χ0) is 17.2. The van der Waals surface area contributed by atoms with Crippen molar-refractivity contribution < 1.29 is 9.18 Å². The third-order valence-corrected chi connectivity index (χ3v) is 5.26. The predicted octanol–water partition coefficient (Wildman–Crippen LogP) is 4.12. The van der Waals surface area contributed by atoms with Crippen LogP contribution in [0, 0.1) is 5.82 Å². The van der Waals surface area contributed by atoms with Crippen molar-refractivity contribution in [3.05, 3.63) is 58.7 Å². The van der Waals surface area contributed by atoms with Crippen LogP contribution in [0.3, 0.4) is 0 Å². The predicted molar refractivity (Wildman–Crippen MR) is 95.0 cm³/mol. The summed E-state index contributed by atoms with van der Waals surface area (Å²) in [5.41, 5.74) is 3.87. The summed E-state index contributed by atoms with van der Waals surface area (Å²) in [6, 6.07) is 7.19. The Kier molecular flexibility index (Phi) is 4.38. The van der Waals surface area contributed by atoms with Gasteiger partial charge >= 0.3 is 0 Å². The summed E-state index contributed by atoms with van der Waals surface area (Å²) >= 11 is 0. The van der Waals surface area contributed by atoms with E-state index in [-0.39, 0.29) is 5.91 Å². The third-order valence-electron chi connectivity index (χ3n) is 5.26. The van der Waals surface area contributed by atoms with Crippen molar-refractivity contribution in [2.45, 2.75) is 51.1 Å². The van der Waals surface area contributed by atoms with Gasteiger partial charge in [0.05, 0.1) is 17.9 Å². The number of rotatable bonds is 4. The molecule has 0 saturated heterocycles. The zero-order valence-corrected chi connectivity index (χ0v) is 14.1. The Hall–Kier alpha value is -2.43. The van der Waals surface area contributed by atoms with Gasteiger partial charge in [-0.15, -0.1) is 0 Å². The first kappa shape index (κ1) is 16.1. The van der Waals surface area contributed by atoms with Crippen molar-refractivity contribution in [3.8, 4) is 0 Å². The van der Waals surface area contributed by atoms with Crippen LogP contribution in [0.15, 0.2) is 30.5 Å². The maximum absolute atomic E-state index is 14.2. The highest BCUT2D eigenvalue weighted by molar-refractivity contribution is 5.98. The van der Waals surface area contributed by atoms with Gasteiger partial charge in [-0.25, -0.2) is 4.39 Å². The van der Waals surface area contributed by atoms with E-state index < -0.39 is 5.82 Å². The highest BCUT2D eigenvalue weighted by Crippen LogP contribution is 2.32. The van der Waals surface area contributed by atoms with Crippen molar-refractivity contribution >= 4 is 11.6 Å². The second-order valence-electron chi connectivity index (χ2n) is 6.94. The molecule has 1 amide bonds. The number of halogens is 1. The van der Waals surface area contributed by atoms with E-state index in [1.807, 2.05) is 12.3 Å². The molecule has 4 rings (SSSR count). The molecule has 2 aromatic rings. The maximum atomic E-state index is 14.2. The Morgan fingerprint density at radius 3 is 2.80 bits per heavy atom. The van der Waals surface area contributed by atoms with Gasteiger partial charge in [0.2, 0.25) is 0 Å². The molecule has 2 aliphatic rings. The second kappa shape index (κ2) is 6.82. The lowest BCUT2D eigenvalue weighted by Crippen LogP contribution is -2.12. The minimum absolute atomic E-state index is 0.208. The Morgan fingerprint density at radius 2 is 2.04 bits per heavy atom. The summed E-state index contributed by atoms with van der Waals surface area (Å²) < 4.78 is 14.2. The molecule has 1 aromatic carbocycles. The second-order valence-corrected chi connectivity index (χ2v) is 6.94. The van der Waals surface area contributed by atoms with Crippen molar-refractivity contribution in [1.29, 1.82) is 0 Å². The molecule has 1 fully saturated rings. The number of nitrogens with one attached hydrogen (secondary N) is 2. The number of pyridine rings is 1. The van der Waals surface area contributed by atoms with Crippen LogP contribution in [-0.2, 0) is 13.1 Å². The number of hydrogen-bond acceptors (Lipinski definition) is 3. The molecule has 0 spiro atoms. The molecule has 25 heavy (non-hydrogen) atoms. The van der Waals surface area contributed by atoms with Crippen LogP contribution >= 0.6 is 0 Å². The van der Waals surface area contributed by atoms with Crippen molar-refractivity contribution in [3.63, 3.8) is 0 Å². The monoisotopic (exact) mass is 339 g/mol. The molecule has 1 aromatic heterocycles. The fourth-order valence-corrected chi connectivity index (χ4v) is 3.79.